The normalized spacial score (nSPS) is 11.2. The zero-order valence-electron chi connectivity index (χ0n) is 8.02. The molecule has 2 rings (SSSR count). The van der Waals surface area contributed by atoms with Gasteiger partial charge in [-0.1, -0.05) is 0 Å². The first-order valence-corrected chi connectivity index (χ1v) is 4.41. The van der Waals surface area contributed by atoms with Crippen LogP contribution in [-0.4, -0.2) is 20.4 Å². The molecule has 0 aliphatic heterocycles. The van der Waals surface area contributed by atoms with E-state index < -0.39 is 17.4 Å². The molecule has 7 heteroatoms. The van der Waals surface area contributed by atoms with E-state index in [0.717, 1.165) is 0 Å². The van der Waals surface area contributed by atoms with Crippen molar-refractivity contribution in [1.29, 1.82) is 0 Å². The Kier molecular flexibility index (Phi) is 2.26. The van der Waals surface area contributed by atoms with Crippen molar-refractivity contribution in [2.45, 2.75) is 6.29 Å². The number of rotatable bonds is 1. The molecule has 0 spiro atoms. The molecule has 7 nitrogen and oxygen atoms in total. The predicted octanol–water partition coefficient (Wildman–Crippen LogP) is -1.22. The molecular formula is C9H9N3O4. The summed E-state index contributed by atoms with van der Waals surface area (Å²) in [5.41, 5.74) is 4.52. The van der Waals surface area contributed by atoms with Crippen LogP contribution < -0.4 is 16.9 Å². The monoisotopic (exact) mass is 223 g/mol. The first-order valence-electron chi connectivity index (χ1n) is 4.41. The smallest absolute Gasteiger partial charge is 0.270 e. The number of anilines is 1. The minimum atomic E-state index is -1.79. The van der Waals surface area contributed by atoms with Crippen LogP contribution in [-0.2, 0) is 0 Å². The molecule has 0 saturated carbocycles. The van der Waals surface area contributed by atoms with Gasteiger partial charge in [0.15, 0.2) is 6.29 Å². The Hall–Kier alpha value is -2.12. The number of aliphatic hydroxyl groups excluding tert-OH is 1. The number of nitrogens with two attached hydrogens (primary N) is 1. The van der Waals surface area contributed by atoms with Crippen molar-refractivity contribution in [1.82, 2.24) is 10.2 Å². The molecule has 1 aromatic heterocycles. The van der Waals surface area contributed by atoms with Gasteiger partial charge < -0.3 is 15.9 Å². The van der Waals surface area contributed by atoms with Gasteiger partial charge in [0, 0.05) is 11.3 Å². The number of aromatic nitrogens is 2. The van der Waals surface area contributed by atoms with Crippen LogP contribution in [0.4, 0.5) is 5.69 Å². The van der Waals surface area contributed by atoms with E-state index in [0.29, 0.717) is 0 Å². The molecule has 1 heterocycles. The van der Waals surface area contributed by atoms with Crippen LogP contribution in [0.5, 0.6) is 0 Å². The number of fused-ring (bicyclic) bond motifs is 1. The molecule has 1 aromatic carbocycles. The molecule has 0 aliphatic rings. The van der Waals surface area contributed by atoms with Gasteiger partial charge in [-0.3, -0.25) is 19.8 Å². The van der Waals surface area contributed by atoms with E-state index >= 15 is 0 Å². The Morgan fingerprint density at radius 2 is 1.56 bits per heavy atom. The number of hydrogen-bond donors (Lipinski definition) is 5. The molecule has 0 unspecified atom stereocenters. The molecule has 0 radical (unpaired) electrons. The molecule has 0 atom stereocenters. The van der Waals surface area contributed by atoms with Gasteiger partial charge in [0.25, 0.3) is 11.1 Å². The molecule has 0 bridgehead atoms. The van der Waals surface area contributed by atoms with Crippen LogP contribution in [0.15, 0.2) is 21.7 Å². The zero-order valence-corrected chi connectivity index (χ0v) is 8.02. The van der Waals surface area contributed by atoms with Crippen molar-refractivity contribution in [3.8, 4) is 0 Å². The summed E-state index contributed by atoms with van der Waals surface area (Å²) < 4.78 is 0. The maximum atomic E-state index is 11.4. The summed E-state index contributed by atoms with van der Waals surface area (Å²) in [6.07, 6.45) is -1.79. The van der Waals surface area contributed by atoms with Crippen molar-refractivity contribution in [3.05, 3.63) is 38.4 Å². The third-order valence-corrected chi connectivity index (χ3v) is 2.28. The number of H-pyrrole nitrogens is 2. The summed E-state index contributed by atoms with van der Waals surface area (Å²) in [6, 6.07) is 2.42. The summed E-state index contributed by atoms with van der Waals surface area (Å²) in [7, 11) is 0. The second kappa shape index (κ2) is 3.47. The zero-order chi connectivity index (χ0) is 11.9. The van der Waals surface area contributed by atoms with Gasteiger partial charge in [-0.25, -0.2) is 0 Å². The van der Waals surface area contributed by atoms with E-state index in [1.807, 2.05) is 0 Å². The van der Waals surface area contributed by atoms with Crippen LogP contribution in [0.2, 0.25) is 0 Å². The highest BCUT2D eigenvalue weighted by atomic mass is 16.5. The lowest BCUT2D eigenvalue weighted by Crippen LogP contribution is -2.19. The second-order valence-corrected chi connectivity index (χ2v) is 3.31. The number of nitrogens with one attached hydrogen (secondary N) is 2. The Bertz CT molecular complexity index is 656. The predicted molar refractivity (Wildman–Crippen MR) is 56.8 cm³/mol. The van der Waals surface area contributed by atoms with Gasteiger partial charge in [-0.15, -0.1) is 0 Å². The van der Waals surface area contributed by atoms with Crippen LogP contribution >= 0.6 is 0 Å². The summed E-state index contributed by atoms with van der Waals surface area (Å²) in [6.45, 7) is 0. The maximum absolute atomic E-state index is 11.4. The maximum Gasteiger partial charge on any atom is 0.270 e. The van der Waals surface area contributed by atoms with Crippen molar-refractivity contribution in [2.24, 2.45) is 0 Å². The topological polar surface area (TPSA) is 132 Å². The first-order chi connectivity index (χ1) is 7.50. The van der Waals surface area contributed by atoms with Crippen LogP contribution in [0.25, 0.3) is 10.8 Å². The molecular weight excluding hydrogens is 214 g/mol. The fourth-order valence-corrected chi connectivity index (χ4v) is 1.48. The molecule has 2 aromatic rings. The summed E-state index contributed by atoms with van der Waals surface area (Å²) in [5, 5.41) is 22.4. The van der Waals surface area contributed by atoms with Crippen molar-refractivity contribution < 1.29 is 10.2 Å². The Balaban J connectivity index is 2.95. The van der Waals surface area contributed by atoms with Gasteiger partial charge in [0.2, 0.25) is 0 Å². The molecule has 0 amide bonds. The minimum Gasteiger partial charge on any atom is -0.398 e. The third-order valence-electron chi connectivity index (χ3n) is 2.28. The Morgan fingerprint density at radius 1 is 1.06 bits per heavy atom. The van der Waals surface area contributed by atoms with Crippen LogP contribution in [0.3, 0.4) is 0 Å². The highest BCUT2D eigenvalue weighted by Gasteiger charge is 2.12. The van der Waals surface area contributed by atoms with Gasteiger partial charge in [0.1, 0.15) is 0 Å². The quantitative estimate of drug-likeness (QED) is 0.305. The second-order valence-electron chi connectivity index (χ2n) is 3.31. The molecule has 0 saturated heterocycles. The molecule has 16 heavy (non-hydrogen) atoms. The van der Waals surface area contributed by atoms with Gasteiger partial charge in [-0.2, -0.15) is 0 Å². The summed E-state index contributed by atoms with van der Waals surface area (Å²) >= 11 is 0. The highest BCUT2D eigenvalue weighted by Crippen LogP contribution is 2.21. The number of benzene rings is 1. The average molecular weight is 223 g/mol. The SMILES string of the molecule is Nc1cc2c(=O)[nH][nH]c(=O)c2cc1C(O)O. The number of nitrogen functional groups attached to an aromatic ring is 1. The van der Waals surface area contributed by atoms with E-state index in [1.54, 1.807) is 0 Å². The van der Waals surface area contributed by atoms with Crippen LogP contribution in [0, 0.1) is 0 Å². The van der Waals surface area contributed by atoms with Gasteiger partial charge in [-0.05, 0) is 12.1 Å². The van der Waals surface area contributed by atoms with Gasteiger partial charge >= 0.3 is 0 Å². The lowest BCUT2D eigenvalue weighted by molar-refractivity contribution is -0.0417. The fourth-order valence-electron chi connectivity index (χ4n) is 1.48. The number of aliphatic hydroxyl groups is 2. The molecule has 0 fully saturated rings. The number of aromatic amines is 2. The van der Waals surface area contributed by atoms with E-state index in [-0.39, 0.29) is 22.0 Å². The van der Waals surface area contributed by atoms with Crippen molar-refractivity contribution in [3.63, 3.8) is 0 Å². The van der Waals surface area contributed by atoms with E-state index in [1.165, 1.54) is 12.1 Å². The number of hydrogen-bond acceptors (Lipinski definition) is 5. The van der Waals surface area contributed by atoms with E-state index in [2.05, 4.69) is 10.2 Å². The minimum absolute atomic E-state index is 0.0106. The molecule has 84 valence electrons. The van der Waals surface area contributed by atoms with Crippen molar-refractivity contribution >= 4 is 16.5 Å². The Morgan fingerprint density at radius 3 is 2.06 bits per heavy atom. The lowest BCUT2D eigenvalue weighted by Gasteiger charge is -2.08. The van der Waals surface area contributed by atoms with Crippen LogP contribution in [0.1, 0.15) is 11.9 Å². The largest absolute Gasteiger partial charge is 0.398 e. The lowest BCUT2D eigenvalue weighted by atomic mass is 10.1. The standard InChI is InChI=1S/C9H9N3O4/c10-6-2-4-3(1-5(6)9(15)16)7(13)11-12-8(4)14/h1-2,9,15-16H,10H2,(H,11,13)(H,12,14). The fraction of sp³-hybridized carbons (Fsp3) is 0.111. The van der Waals surface area contributed by atoms with Crippen molar-refractivity contribution in [2.75, 3.05) is 5.73 Å². The average Bonchev–Trinajstić information content (AvgIpc) is 2.23. The first kappa shape index (κ1) is 10.4. The highest BCUT2D eigenvalue weighted by molar-refractivity contribution is 5.85. The van der Waals surface area contributed by atoms with E-state index in [9.17, 15) is 9.59 Å². The van der Waals surface area contributed by atoms with E-state index in [4.69, 9.17) is 15.9 Å². The molecule has 0 aliphatic carbocycles. The Labute approximate surface area is 88.1 Å². The van der Waals surface area contributed by atoms with Gasteiger partial charge in [0.05, 0.1) is 10.8 Å². The summed E-state index contributed by atoms with van der Waals surface area (Å²) in [5.74, 6) is 0. The summed E-state index contributed by atoms with van der Waals surface area (Å²) in [4.78, 5) is 22.7. The molecule has 6 N–H and O–H groups in total. The third kappa shape index (κ3) is 1.47.